The summed E-state index contributed by atoms with van der Waals surface area (Å²) < 4.78 is 6.85. The summed E-state index contributed by atoms with van der Waals surface area (Å²) in [4.78, 5) is 15.3. The Kier molecular flexibility index (Phi) is 7.06. The van der Waals surface area contributed by atoms with Gasteiger partial charge in [-0.15, -0.1) is 0 Å². The van der Waals surface area contributed by atoms with Gasteiger partial charge in [-0.3, -0.25) is 0 Å². The molecule has 0 N–H and O–H groups in total. The Hall–Kier alpha value is -1.60. The van der Waals surface area contributed by atoms with Crippen LogP contribution in [0.25, 0.3) is 0 Å². The van der Waals surface area contributed by atoms with E-state index >= 15 is 0 Å². The van der Waals surface area contributed by atoms with Gasteiger partial charge in [0.15, 0.2) is 5.16 Å². The van der Waals surface area contributed by atoms with Crippen LogP contribution in [-0.4, -0.2) is 39.5 Å². The number of thioether (sulfide) groups is 1. The highest BCUT2D eigenvalue weighted by molar-refractivity contribution is 9.10. The molecule has 0 spiro atoms. The van der Waals surface area contributed by atoms with Gasteiger partial charge in [-0.05, 0) is 47.5 Å². The number of nitrogens with zero attached hydrogens (tertiary/aromatic N) is 4. The summed E-state index contributed by atoms with van der Waals surface area (Å²) in [5, 5.41) is 0.701. The number of benzene rings is 1. The van der Waals surface area contributed by atoms with Gasteiger partial charge in [0.1, 0.15) is 5.75 Å². The lowest BCUT2D eigenvalue weighted by Crippen LogP contribution is -2.14. The second-order valence-electron chi connectivity index (χ2n) is 6.88. The molecule has 0 radical (unpaired) electrons. The Balaban J connectivity index is 2.21. The van der Waals surface area contributed by atoms with Crippen LogP contribution in [0.1, 0.15) is 33.3 Å². The Morgan fingerprint density at radius 2 is 2.08 bits per heavy atom. The number of halogens is 1. The van der Waals surface area contributed by atoms with Gasteiger partial charge in [0.25, 0.3) is 0 Å². The molecule has 26 heavy (non-hydrogen) atoms. The Bertz CT molecular complexity index is 790. The van der Waals surface area contributed by atoms with Crippen molar-refractivity contribution in [2.45, 2.75) is 44.5 Å². The SMILES string of the molecule is CCN(C)/C=N/c1cc(Br)c(Oc2ccnc(SC(C)(C)C)n2)cc1C. The summed E-state index contributed by atoms with van der Waals surface area (Å²) in [5.74, 6) is 1.23. The molecule has 0 aliphatic heterocycles. The predicted octanol–water partition coefficient (Wildman–Crippen LogP) is 5.84. The number of aryl methyl sites for hydroxylation is 1. The molecule has 140 valence electrons. The van der Waals surface area contributed by atoms with E-state index in [1.54, 1.807) is 24.0 Å². The number of aromatic nitrogens is 2. The molecule has 0 saturated carbocycles. The summed E-state index contributed by atoms with van der Waals surface area (Å²) in [5.41, 5.74) is 1.93. The number of hydrogen-bond acceptors (Lipinski definition) is 5. The molecular formula is C19H25BrN4OS. The smallest absolute Gasteiger partial charge is 0.223 e. The van der Waals surface area contributed by atoms with Crippen molar-refractivity contribution in [3.63, 3.8) is 0 Å². The maximum Gasteiger partial charge on any atom is 0.223 e. The van der Waals surface area contributed by atoms with Crippen molar-refractivity contribution < 1.29 is 4.74 Å². The average Bonchev–Trinajstić information content (AvgIpc) is 2.55. The van der Waals surface area contributed by atoms with Crippen LogP contribution >= 0.6 is 27.7 Å². The summed E-state index contributed by atoms with van der Waals surface area (Å²) >= 11 is 5.18. The van der Waals surface area contributed by atoms with Gasteiger partial charge < -0.3 is 9.64 Å². The summed E-state index contributed by atoms with van der Waals surface area (Å²) in [7, 11) is 1.99. The third-order valence-electron chi connectivity index (χ3n) is 3.36. The van der Waals surface area contributed by atoms with Crippen LogP contribution in [0.15, 0.2) is 39.0 Å². The monoisotopic (exact) mass is 436 g/mol. The van der Waals surface area contributed by atoms with E-state index in [1.165, 1.54) is 0 Å². The van der Waals surface area contributed by atoms with Crippen LogP contribution in [0.5, 0.6) is 11.6 Å². The second kappa shape index (κ2) is 8.86. The second-order valence-corrected chi connectivity index (χ2v) is 9.53. The van der Waals surface area contributed by atoms with E-state index in [0.717, 1.165) is 22.3 Å². The van der Waals surface area contributed by atoms with Crippen LogP contribution < -0.4 is 4.74 Å². The molecule has 0 atom stereocenters. The highest BCUT2D eigenvalue weighted by Crippen LogP contribution is 2.36. The molecule has 0 fully saturated rings. The van der Waals surface area contributed by atoms with Gasteiger partial charge in [-0.25, -0.2) is 9.98 Å². The summed E-state index contributed by atoms with van der Waals surface area (Å²) in [6, 6.07) is 5.68. The number of hydrogen-bond donors (Lipinski definition) is 0. The minimum atomic E-state index is 0.0428. The van der Waals surface area contributed by atoms with E-state index < -0.39 is 0 Å². The van der Waals surface area contributed by atoms with Crippen molar-refractivity contribution in [1.29, 1.82) is 0 Å². The van der Waals surface area contributed by atoms with Crippen LogP contribution in [0.3, 0.4) is 0 Å². The van der Waals surface area contributed by atoms with E-state index in [2.05, 4.69) is 58.6 Å². The molecule has 0 aliphatic rings. The van der Waals surface area contributed by atoms with Crippen LogP contribution in [0.4, 0.5) is 5.69 Å². The van der Waals surface area contributed by atoms with Crippen molar-refractivity contribution in [2.75, 3.05) is 13.6 Å². The van der Waals surface area contributed by atoms with E-state index in [9.17, 15) is 0 Å². The fourth-order valence-electron chi connectivity index (χ4n) is 1.92. The molecule has 1 aromatic carbocycles. The first kappa shape index (κ1) is 20.7. The van der Waals surface area contributed by atoms with Crippen molar-refractivity contribution in [3.05, 3.63) is 34.4 Å². The Labute approximate surface area is 168 Å². The first-order valence-corrected chi connectivity index (χ1v) is 10.0. The summed E-state index contributed by atoms with van der Waals surface area (Å²) in [6.07, 6.45) is 3.55. The molecule has 1 aromatic heterocycles. The zero-order valence-electron chi connectivity index (χ0n) is 16.1. The maximum atomic E-state index is 5.97. The van der Waals surface area contributed by atoms with Crippen LogP contribution in [0.2, 0.25) is 0 Å². The van der Waals surface area contributed by atoms with Crippen molar-refractivity contribution in [3.8, 4) is 11.6 Å². The normalized spacial score (nSPS) is 11.8. The predicted molar refractivity (Wildman–Crippen MR) is 113 cm³/mol. The standard InChI is InChI=1S/C19H25BrN4OS/c1-7-24(6)12-22-15-11-14(20)16(10-13(15)2)25-17-8-9-21-18(23-17)26-19(3,4)5/h8-12H,7H2,1-6H3/b22-12+. The average molecular weight is 437 g/mol. The molecular weight excluding hydrogens is 412 g/mol. The van der Waals surface area contributed by atoms with Gasteiger partial charge in [-0.1, -0.05) is 32.5 Å². The minimum absolute atomic E-state index is 0.0428. The van der Waals surface area contributed by atoms with Gasteiger partial charge >= 0.3 is 0 Å². The molecule has 0 aliphatic carbocycles. The van der Waals surface area contributed by atoms with Gasteiger partial charge in [-0.2, -0.15) is 4.98 Å². The number of rotatable bonds is 6. The molecule has 2 rings (SSSR count). The van der Waals surface area contributed by atoms with E-state index in [1.807, 2.05) is 37.3 Å². The van der Waals surface area contributed by atoms with Crippen molar-refractivity contribution in [2.24, 2.45) is 4.99 Å². The van der Waals surface area contributed by atoms with Gasteiger partial charge in [0, 0.05) is 30.6 Å². The topological polar surface area (TPSA) is 50.6 Å². The Morgan fingerprint density at radius 1 is 1.35 bits per heavy atom. The fraction of sp³-hybridized carbons (Fsp3) is 0.421. The quantitative estimate of drug-likeness (QED) is 0.246. The lowest BCUT2D eigenvalue weighted by atomic mass is 10.2. The van der Waals surface area contributed by atoms with Crippen molar-refractivity contribution in [1.82, 2.24) is 14.9 Å². The Morgan fingerprint density at radius 3 is 2.73 bits per heavy atom. The summed E-state index contributed by atoms with van der Waals surface area (Å²) in [6.45, 7) is 11.4. The molecule has 0 bridgehead atoms. The van der Waals surface area contributed by atoms with Gasteiger partial charge in [0.05, 0.1) is 16.5 Å². The molecule has 7 heteroatoms. The molecule has 0 amide bonds. The maximum absolute atomic E-state index is 5.97. The molecule has 5 nitrogen and oxygen atoms in total. The zero-order valence-corrected chi connectivity index (χ0v) is 18.5. The van der Waals surface area contributed by atoms with Crippen LogP contribution in [-0.2, 0) is 0 Å². The van der Waals surface area contributed by atoms with E-state index in [0.29, 0.717) is 16.8 Å². The largest absolute Gasteiger partial charge is 0.438 e. The molecule has 0 unspecified atom stereocenters. The number of ether oxygens (including phenoxy) is 1. The molecule has 1 heterocycles. The zero-order chi connectivity index (χ0) is 19.3. The van der Waals surface area contributed by atoms with Gasteiger partial charge in [0.2, 0.25) is 5.88 Å². The van der Waals surface area contributed by atoms with E-state index in [-0.39, 0.29) is 4.75 Å². The van der Waals surface area contributed by atoms with E-state index in [4.69, 9.17) is 4.74 Å². The molecule has 2 aromatic rings. The van der Waals surface area contributed by atoms with Crippen LogP contribution in [0, 0.1) is 6.92 Å². The third kappa shape index (κ3) is 6.29. The van der Waals surface area contributed by atoms with Crippen molar-refractivity contribution >= 4 is 39.7 Å². The molecule has 0 saturated heterocycles. The highest BCUT2D eigenvalue weighted by Gasteiger charge is 2.15. The lowest BCUT2D eigenvalue weighted by molar-refractivity contribution is 0.452. The first-order valence-electron chi connectivity index (χ1n) is 8.42. The number of aliphatic imine (C=N–C) groups is 1. The lowest BCUT2D eigenvalue weighted by Gasteiger charge is -2.16. The fourth-order valence-corrected chi connectivity index (χ4v) is 3.13. The highest BCUT2D eigenvalue weighted by atomic mass is 79.9. The first-order chi connectivity index (χ1) is 12.2. The minimum Gasteiger partial charge on any atom is -0.438 e. The third-order valence-corrected chi connectivity index (χ3v) is 4.97.